The average molecular weight is 330 g/mol. The molecule has 1 aromatic rings. The van der Waals surface area contributed by atoms with E-state index in [4.69, 9.17) is 0 Å². The van der Waals surface area contributed by atoms with E-state index in [0.29, 0.717) is 18.5 Å². The number of hydrogen-bond acceptors (Lipinski definition) is 2. The molecule has 0 aromatic heterocycles. The molecule has 0 unspecified atom stereocenters. The first-order valence-electron chi connectivity index (χ1n) is 9.26. The molecule has 0 saturated carbocycles. The van der Waals surface area contributed by atoms with Crippen LogP contribution in [0.1, 0.15) is 48.9 Å². The molecule has 0 atom stereocenters. The Balaban J connectivity index is 1.52. The summed E-state index contributed by atoms with van der Waals surface area (Å²) >= 11 is 0. The van der Waals surface area contributed by atoms with Crippen LogP contribution in [-0.2, 0) is 4.79 Å². The van der Waals surface area contributed by atoms with Crippen molar-refractivity contribution in [2.75, 3.05) is 37.6 Å². The number of nitrogens with one attached hydrogen (secondary N) is 2. The van der Waals surface area contributed by atoms with Gasteiger partial charge in [0.2, 0.25) is 5.91 Å². The topological polar surface area (TPSA) is 53.9 Å². The quantitative estimate of drug-likeness (QED) is 0.846. The molecular formula is C19H28N3O2+. The van der Waals surface area contributed by atoms with Crippen molar-refractivity contribution in [1.82, 2.24) is 5.32 Å². The van der Waals surface area contributed by atoms with Crippen LogP contribution in [0.4, 0.5) is 5.69 Å². The lowest BCUT2D eigenvalue weighted by Crippen LogP contribution is -3.12. The molecule has 24 heavy (non-hydrogen) atoms. The summed E-state index contributed by atoms with van der Waals surface area (Å²) in [6.45, 7) is 4.91. The minimum Gasteiger partial charge on any atom is -0.346 e. The normalized spacial score (nSPS) is 19.3. The third-order valence-corrected chi connectivity index (χ3v) is 5.07. The SMILES string of the molecule is O=C(NCC[NH+]1CCCCCC1)c1cccc(N2CCCC2=O)c1. The molecule has 0 spiro atoms. The highest BCUT2D eigenvalue weighted by atomic mass is 16.2. The van der Waals surface area contributed by atoms with E-state index in [0.717, 1.165) is 25.2 Å². The van der Waals surface area contributed by atoms with Crippen molar-refractivity contribution in [2.45, 2.75) is 38.5 Å². The summed E-state index contributed by atoms with van der Waals surface area (Å²) in [5, 5.41) is 3.03. The summed E-state index contributed by atoms with van der Waals surface area (Å²) in [6.07, 6.45) is 6.79. The van der Waals surface area contributed by atoms with Crippen LogP contribution in [0.3, 0.4) is 0 Å². The predicted octanol–water partition coefficient (Wildman–Crippen LogP) is 1.00. The summed E-state index contributed by atoms with van der Waals surface area (Å²) < 4.78 is 0. The van der Waals surface area contributed by atoms with Crippen LogP contribution in [0.2, 0.25) is 0 Å². The number of rotatable bonds is 5. The van der Waals surface area contributed by atoms with Gasteiger partial charge in [-0.25, -0.2) is 0 Å². The number of amides is 2. The fraction of sp³-hybridized carbons (Fsp3) is 0.579. The second-order valence-electron chi connectivity index (χ2n) is 6.87. The first-order chi connectivity index (χ1) is 11.7. The summed E-state index contributed by atoms with van der Waals surface area (Å²) in [5.41, 5.74) is 1.47. The van der Waals surface area contributed by atoms with Crippen molar-refractivity contribution in [1.29, 1.82) is 0 Å². The largest absolute Gasteiger partial charge is 0.346 e. The van der Waals surface area contributed by atoms with E-state index in [1.54, 1.807) is 9.80 Å². The van der Waals surface area contributed by atoms with E-state index < -0.39 is 0 Å². The van der Waals surface area contributed by atoms with Crippen LogP contribution in [-0.4, -0.2) is 44.5 Å². The zero-order valence-electron chi connectivity index (χ0n) is 14.4. The fourth-order valence-electron chi connectivity index (χ4n) is 3.67. The molecule has 0 bridgehead atoms. The first kappa shape index (κ1) is 17.0. The van der Waals surface area contributed by atoms with Gasteiger partial charge in [-0.1, -0.05) is 6.07 Å². The van der Waals surface area contributed by atoms with Crippen LogP contribution in [0, 0.1) is 0 Å². The van der Waals surface area contributed by atoms with Crippen molar-refractivity contribution in [3.63, 3.8) is 0 Å². The number of benzene rings is 1. The van der Waals surface area contributed by atoms with Gasteiger partial charge in [0.15, 0.2) is 0 Å². The summed E-state index contributed by atoms with van der Waals surface area (Å²) in [7, 11) is 0. The Morgan fingerprint density at radius 3 is 2.62 bits per heavy atom. The van der Waals surface area contributed by atoms with Crippen LogP contribution in [0.15, 0.2) is 24.3 Å². The summed E-state index contributed by atoms with van der Waals surface area (Å²) in [4.78, 5) is 27.6. The van der Waals surface area contributed by atoms with Crippen LogP contribution >= 0.6 is 0 Å². The highest BCUT2D eigenvalue weighted by molar-refractivity contribution is 5.99. The van der Waals surface area contributed by atoms with E-state index in [2.05, 4.69) is 5.32 Å². The minimum atomic E-state index is -0.0438. The van der Waals surface area contributed by atoms with E-state index in [1.807, 2.05) is 24.3 Å². The monoisotopic (exact) mass is 330 g/mol. The summed E-state index contributed by atoms with van der Waals surface area (Å²) in [6, 6.07) is 7.41. The molecule has 130 valence electrons. The molecule has 5 nitrogen and oxygen atoms in total. The van der Waals surface area contributed by atoms with Crippen molar-refractivity contribution in [2.24, 2.45) is 0 Å². The Bertz CT molecular complexity index is 580. The number of anilines is 1. The van der Waals surface area contributed by atoms with E-state index in [-0.39, 0.29) is 11.8 Å². The molecule has 0 aliphatic carbocycles. The van der Waals surface area contributed by atoms with Crippen molar-refractivity contribution in [3.05, 3.63) is 29.8 Å². The van der Waals surface area contributed by atoms with Crippen LogP contribution in [0.25, 0.3) is 0 Å². The first-order valence-corrected chi connectivity index (χ1v) is 9.26. The molecule has 5 heteroatoms. The van der Waals surface area contributed by atoms with Gasteiger partial charge in [0.1, 0.15) is 0 Å². The molecule has 1 aromatic carbocycles. The van der Waals surface area contributed by atoms with Gasteiger partial charge in [-0.15, -0.1) is 0 Å². The number of carbonyl (C=O) groups excluding carboxylic acids is 2. The molecule has 2 amide bonds. The third-order valence-electron chi connectivity index (χ3n) is 5.07. The minimum absolute atomic E-state index is 0.0438. The molecule has 0 radical (unpaired) electrons. The lowest BCUT2D eigenvalue weighted by Gasteiger charge is -2.18. The van der Waals surface area contributed by atoms with Gasteiger partial charge in [-0.3, -0.25) is 9.59 Å². The Kier molecular flexibility index (Phi) is 5.86. The number of hydrogen-bond donors (Lipinski definition) is 2. The number of likely N-dealkylation sites (tertiary alicyclic amines) is 1. The smallest absolute Gasteiger partial charge is 0.251 e. The summed E-state index contributed by atoms with van der Waals surface area (Å²) in [5.74, 6) is 0.107. The Morgan fingerprint density at radius 2 is 1.92 bits per heavy atom. The number of carbonyl (C=O) groups is 2. The van der Waals surface area contributed by atoms with Gasteiger partial charge in [-0.2, -0.15) is 0 Å². The maximum atomic E-state index is 12.4. The van der Waals surface area contributed by atoms with Crippen LogP contribution in [0.5, 0.6) is 0 Å². The van der Waals surface area contributed by atoms with E-state index in [1.165, 1.54) is 38.8 Å². The van der Waals surface area contributed by atoms with Gasteiger partial charge in [0.25, 0.3) is 5.91 Å². The maximum Gasteiger partial charge on any atom is 0.251 e. The van der Waals surface area contributed by atoms with Gasteiger partial charge in [0, 0.05) is 24.2 Å². The maximum absolute atomic E-state index is 12.4. The Hall–Kier alpha value is -1.88. The van der Waals surface area contributed by atoms with Crippen molar-refractivity contribution < 1.29 is 14.5 Å². The van der Waals surface area contributed by atoms with Crippen molar-refractivity contribution in [3.8, 4) is 0 Å². The molecule has 2 fully saturated rings. The molecule has 2 aliphatic rings. The Morgan fingerprint density at radius 1 is 1.12 bits per heavy atom. The van der Waals surface area contributed by atoms with Gasteiger partial charge < -0.3 is 15.1 Å². The lowest BCUT2D eigenvalue weighted by atomic mass is 10.1. The molecular weight excluding hydrogens is 302 g/mol. The molecule has 2 aliphatic heterocycles. The highest BCUT2D eigenvalue weighted by Gasteiger charge is 2.22. The number of quaternary nitrogens is 1. The Labute approximate surface area is 144 Å². The third kappa shape index (κ3) is 4.35. The van der Waals surface area contributed by atoms with Gasteiger partial charge in [-0.05, 0) is 50.3 Å². The molecule has 3 rings (SSSR count). The highest BCUT2D eigenvalue weighted by Crippen LogP contribution is 2.22. The molecule has 2 N–H and O–H groups in total. The zero-order valence-corrected chi connectivity index (χ0v) is 14.4. The van der Waals surface area contributed by atoms with Gasteiger partial charge in [0.05, 0.1) is 26.2 Å². The predicted molar refractivity (Wildman–Crippen MR) is 94.4 cm³/mol. The van der Waals surface area contributed by atoms with E-state index in [9.17, 15) is 9.59 Å². The van der Waals surface area contributed by atoms with Crippen molar-refractivity contribution >= 4 is 17.5 Å². The van der Waals surface area contributed by atoms with E-state index >= 15 is 0 Å². The van der Waals surface area contributed by atoms with Crippen LogP contribution < -0.4 is 15.1 Å². The lowest BCUT2D eigenvalue weighted by molar-refractivity contribution is -0.898. The fourth-order valence-corrected chi connectivity index (χ4v) is 3.67. The molecule has 2 saturated heterocycles. The standard InChI is InChI=1S/C19H27N3O2/c23-18-9-6-13-22(18)17-8-5-7-16(15-17)19(24)20-10-14-21-11-3-1-2-4-12-21/h5,7-8,15H,1-4,6,9-14H2,(H,20,24)/p+1. The average Bonchev–Trinajstić information content (AvgIpc) is 2.86. The second-order valence-corrected chi connectivity index (χ2v) is 6.87. The zero-order chi connectivity index (χ0) is 16.8. The van der Waals surface area contributed by atoms with Gasteiger partial charge >= 0.3 is 0 Å². The second kappa shape index (κ2) is 8.29. The number of nitrogens with zero attached hydrogens (tertiary/aromatic N) is 1. The molecule has 2 heterocycles.